The standard InChI is InChI=1S/C31H42O6/c1-16(2)9-8-10-19-24-20-11-12-23-29(5)14-13-21(33)17(3)25(29)26(36-18(4)32)27(34)31(23,7)30(20,6)15-22(24)37-28(19)35/h9,17,20,22-23,25-26H,8,10-15H2,1-7H3/t17-,20?,22+,23+,25?,26+,29-,30+,31-/m1/s1. The van der Waals surface area contributed by atoms with Crippen LogP contribution in [0, 0.1) is 39.9 Å². The maximum Gasteiger partial charge on any atom is 0.334 e. The molecule has 2 unspecified atom stereocenters. The molecule has 0 aromatic rings. The first-order valence-corrected chi connectivity index (χ1v) is 14.1. The van der Waals surface area contributed by atoms with Crippen LogP contribution in [0.4, 0.5) is 0 Å². The Morgan fingerprint density at radius 3 is 2.46 bits per heavy atom. The van der Waals surface area contributed by atoms with Crippen molar-refractivity contribution in [3.05, 3.63) is 22.8 Å². The molecular weight excluding hydrogens is 468 g/mol. The lowest BCUT2D eigenvalue weighted by atomic mass is 9.36. The zero-order valence-electron chi connectivity index (χ0n) is 23.4. The summed E-state index contributed by atoms with van der Waals surface area (Å²) in [5, 5.41) is 0. The molecule has 5 rings (SSSR count). The van der Waals surface area contributed by atoms with Crippen molar-refractivity contribution >= 4 is 23.5 Å². The third-order valence-electron chi connectivity index (χ3n) is 11.4. The second kappa shape index (κ2) is 8.64. The van der Waals surface area contributed by atoms with E-state index in [2.05, 4.69) is 40.7 Å². The Balaban J connectivity index is 1.61. The van der Waals surface area contributed by atoms with Crippen LogP contribution in [-0.4, -0.2) is 35.7 Å². The first-order chi connectivity index (χ1) is 17.3. The van der Waals surface area contributed by atoms with Crippen LogP contribution in [0.1, 0.15) is 93.4 Å². The van der Waals surface area contributed by atoms with Crippen molar-refractivity contribution < 1.29 is 28.7 Å². The summed E-state index contributed by atoms with van der Waals surface area (Å²) in [6.07, 6.45) is 6.00. The number of esters is 2. The van der Waals surface area contributed by atoms with Gasteiger partial charge in [0.2, 0.25) is 0 Å². The van der Waals surface area contributed by atoms with E-state index in [9.17, 15) is 19.2 Å². The van der Waals surface area contributed by atoms with Crippen molar-refractivity contribution in [2.75, 3.05) is 0 Å². The third-order valence-corrected chi connectivity index (χ3v) is 11.4. The Morgan fingerprint density at radius 2 is 1.81 bits per heavy atom. The van der Waals surface area contributed by atoms with E-state index in [-0.39, 0.29) is 52.7 Å². The first kappa shape index (κ1) is 26.4. The molecule has 0 aromatic heterocycles. The number of carbonyl (C=O) groups excluding carboxylic acids is 4. The zero-order chi connectivity index (χ0) is 27.1. The number of rotatable bonds is 4. The molecule has 0 spiro atoms. The lowest BCUT2D eigenvalue weighted by Crippen LogP contribution is -2.70. The number of hydrogen-bond donors (Lipinski definition) is 0. The fourth-order valence-corrected chi connectivity index (χ4v) is 9.63. The summed E-state index contributed by atoms with van der Waals surface area (Å²) >= 11 is 0. The van der Waals surface area contributed by atoms with Crippen LogP contribution in [0.3, 0.4) is 0 Å². The number of hydrogen-bond acceptors (Lipinski definition) is 6. The second-order valence-electron chi connectivity index (χ2n) is 13.3. The molecule has 0 N–H and O–H groups in total. The predicted molar refractivity (Wildman–Crippen MR) is 138 cm³/mol. The number of fused-ring (bicyclic) bond motifs is 7. The molecular formula is C31H42O6. The molecule has 1 heterocycles. The monoisotopic (exact) mass is 510 g/mol. The molecule has 4 aliphatic carbocycles. The minimum absolute atomic E-state index is 0.0399. The third kappa shape index (κ3) is 3.49. The topological polar surface area (TPSA) is 86.7 Å². The summed E-state index contributed by atoms with van der Waals surface area (Å²) in [5.74, 6) is -1.03. The van der Waals surface area contributed by atoms with Crippen molar-refractivity contribution in [1.29, 1.82) is 0 Å². The summed E-state index contributed by atoms with van der Waals surface area (Å²) in [6.45, 7) is 13.9. The Bertz CT molecular complexity index is 1130. The fourth-order valence-electron chi connectivity index (χ4n) is 9.63. The van der Waals surface area contributed by atoms with Crippen molar-refractivity contribution in [2.24, 2.45) is 39.9 Å². The Kier molecular flexibility index (Phi) is 6.16. The summed E-state index contributed by atoms with van der Waals surface area (Å²) < 4.78 is 11.8. The highest BCUT2D eigenvalue weighted by atomic mass is 16.6. The molecule has 37 heavy (non-hydrogen) atoms. The van der Waals surface area contributed by atoms with Gasteiger partial charge in [-0.2, -0.15) is 0 Å². The number of ether oxygens (including phenoxy) is 2. The van der Waals surface area contributed by atoms with E-state index in [0.717, 1.165) is 30.4 Å². The average molecular weight is 511 g/mol. The van der Waals surface area contributed by atoms with Gasteiger partial charge in [0.05, 0.1) is 0 Å². The summed E-state index contributed by atoms with van der Waals surface area (Å²) in [6, 6.07) is 0. The van der Waals surface area contributed by atoms with E-state index in [0.29, 0.717) is 25.7 Å². The molecule has 6 nitrogen and oxygen atoms in total. The van der Waals surface area contributed by atoms with Gasteiger partial charge in [-0.25, -0.2) is 4.79 Å². The zero-order valence-corrected chi connectivity index (χ0v) is 23.4. The molecule has 5 aliphatic rings. The van der Waals surface area contributed by atoms with Gasteiger partial charge in [0, 0.05) is 36.2 Å². The van der Waals surface area contributed by atoms with E-state index in [1.54, 1.807) is 0 Å². The van der Waals surface area contributed by atoms with Gasteiger partial charge < -0.3 is 9.47 Å². The van der Waals surface area contributed by atoms with E-state index >= 15 is 0 Å². The van der Waals surface area contributed by atoms with Gasteiger partial charge in [0.15, 0.2) is 11.9 Å². The summed E-state index contributed by atoms with van der Waals surface area (Å²) in [7, 11) is 0. The van der Waals surface area contributed by atoms with E-state index in [1.807, 2.05) is 6.92 Å². The molecule has 4 saturated carbocycles. The van der Waals surface area contributed by atoms with E-state index in [4.69, 9.17) is 9.47 Å². The Hall–Kier alpha value is -2.24. The lowest BCUT2D eigenvalue weighted by Gasteiger charge is -2.67. The van der Waals surface area contributed by atoms with Gasteiger partial charge in [-0.1, -0.05) is 39.3 Å². The Morgan fingerprint density at radius 1 is 1.11 bits per heavy atom. The van der Waals surface area contributed by atoms with Gasteiger partial charge >= 0.3 is 11.9 Å². The molecule has 9 atom stereocenters. The van der Waals surface area contributed by atoms with E-state index in [1.165, 1.54) is 12.5 Å². The predicted octanol–water partition coefficient (Wildman–Crippen LogP) is 5.53. The second-order valence-corrected chi connectivity index (χ2v) is 13.3. The fraction of sp³-hybridized carbons (Fsp3) is 0.742. The van der Waals surface area contributed by atoms with Gasteiger partial charge in [-0.3, -0.25) is 14.4 Å². The van der Waals surface area contributed by atoms with Crippen LogP contribution in [-0.2, 0) is 28.7 Å². The molecule has 0 aromatic carbocycles. The van der Waals surface area contributed by atoms with Gasteiger partial charge in [0.1, 0.15) is 11.9 Å². The molecule has 0 saturated heterocycles. The number of allylic oxidation sites excluding steroid dienone is 2. The highest BCUT2D eigenvalue weighted by Crippen LogP contribution is 2.74. The summed E-state index contributed by atoms with van der Waals surface area (Å²) in [4.78, 5) is 52.6. The molecule has 202 valence electrons. The van der Waals surface area contributed by atoms with E-state index < -0.39 is 22.9 Å². The molecule has 0 bridgehead atoms. The Labute approximate surface area is 220 Å². The van der Waals surface area contributed by atoms with Crippen LogP contribution in [0.5, 0.6) is 0 Å². The molecule has 1 aliphatic heterocycles. The minimum Gasteiger partial charge on any atom is -0.454 e. The van der Waals surface area contributed by atoms with Crippen molar-refractivity contribution in [2.45, 2.75) is 106 Å². The van der Waals surface area contributed by atoms with Crippen molar-refractivity contribution in [1.82, 2.24) is 0 Å². The van der Waals surface area contributed by atoms with Gasteiger partial charge in [0.25, 0.3) is 0 Å². The van der Waals surface area contributed by atoms with Crippen LogP contribution in [0.15, 0.2) is 22.8 Å². The SMILES string of the molecule is CC(=O)O[C@@H]1C(=O)[C@@]2(C)[C@@H](CCC3C4=C(CCC=C(C)C)C(=O)O[C@H]4C[C@@]32C)[C@@]2(C)CCC(=O)[C@@H](C)C12. The van der Waals surface area contributed by atoms with Crippen molar-refractivity contribution in [3.8, 4) is 0 Å². The quantitative estimate of drug-likeness (QED) is 0.365. The summed E-state index contributed by atoms with van der Waals surface area (Å²) in [5.41, 5.74) is 1.68. The molecule has 6 heteroatoms. The maximum atomic E-state index is 14.6. The highest BCUT2D eigenvalue weighted by molar-refractivity contribution is 5.96. The van der Waals surface area contributed by atoms with Gasteiger partial charge in [-0.15, -0.1) is 0 Å². The minimum atomic E-state index is -0.923. The smallest absolute Gasteiger partial charge is 0.334 e. The normalized spacial score (nSPS) is 44.5. The molecule has 0 amide bonds. The number of ketones is 2. The van der Waals surface area contributed by atoms with Crippen LogP contribution >= 0.6 is 0 Å². The lowest BCUT2D eigenvalue weighted by molar-refractivity contribution is -0.219. The van der Waals surface area contributed by atoms with Crippen LogP contribution in [0.2, 0.25) is 0 Å². The van der Waals surface area contributed by atoms with Crippen LogP contribution < -0.4 is 0 Å². The highest BCUT2D eigenvalue weighted by Gasteiger charge is 2.75. The average Bonchev–Trinajstić information content (AvgIpc) is 3.26. The largest absolute Gasteiger partial charge is 0.454 e. The number of carbonyl (C=O) groups is 4. The molecule has 0 radical (unpaired) electrons. The van der Waals surface area contributed by atoms with Crippen molar-refractivity contribution in [3.63, 3.8) is 0 Å². The van der Waals surface area contributed by atoms with Crippen LogP contribution in [0.25, 0.3) is 0 Å². The number of Topliss-reactive ketones (excluding diaryl/α,β-unsaturated/α-hetero) is 2. The maximum absolute atomic E-state index is 14.6. The van der Waals surface area contributed by atoms with Gasteiger partial charge in [-0.05, 0) is 80.6 Å². The first-order valence-electron chi connectivity index (χ1n) is 14.1. The molecule has 4 fully saturated rings.